The molecule has 0 aromatic rings. The molecule has 4 heteroatoms. The average Bonchev–Trinajstić information content (AvgIpc) is 2.09. The third-order valence-corrected chi connectivity index (χ3v) is 1.97. The Hall–Kier alpha value is -1.03. The van der Waals surface area contributed by atoms with Crippen LogP contribution in [0.3, 0.4) is 0 Å². The van der Waals surface area contributed by atoms with E-state index in [0.717, 1.165) is 19.8 Å². The van der Waals surface area contributed by atoms with Gasteiger partial charge >= 0.3 is 5.97 Å². The molecule has 0 atom stereocenters. The van der Waals surface area contributed by atoms with Gasteiger partial charge in [0.2, 0.25) is 0 Å². The number of carbonyl (C=O) groups excluding carboxylic acids is 1. The maximum Gasteiger partial charge on any atom is 0.331 e. The second-order valence-corrected chi connectivity index (χ2v) is 3.54. The van der Waals surface area contributed by atoms with Gasteiger partial charge in [0.1, 0.15) is 0 Å². The van der Waals surface area contributed by atoms with E-state index in [2.05, 4.69) is 17.0 Å². The highest BCUT2D eigenvalue weighted by Crippen LogP contribution is 2.24. The number of nitrogens with one attached hydrogen (secondary N) is 1. The van der Waals surface area contributed by atoms with E-state index in [1.165, 1.54) is 13.2 Å². The Labute approximate surface area is 77.9 Å². The van der Waals surface area contributed by atoms with Crippen molar-refractivity contribution >= 4 is 5.97 Å². The lowest BCUT2D eigenvalue weighted by molar-refractivity contribution is -0.134. The molecule has 1 N–H and O–H groups in total. The molecule has 1 heterocycles. The van der Waals surface area contributed by atoms with Gasteiger partial charge in [0.25, 0.3) is 0 Å². The molecular weight excluding hydrogens is 170 g/mol. The fraction of sp³-hybridized carbons (Fsp3) is 0.667. The first-order chi connectivity index (χ1) is 6.16. The molecule has 1 saturated heterocycles. The van der Waals surface area contributed by atoms with Crippen LogP contribution in [0, 0.1) is 5.41 Å². The highest BCUT2D eigenvalue weighted by atomic mass is 16.5. The summed E-state index contributed by atoms with van der Waals surface area (Å²) in [6, 6.07) is 0. The van der Waals surface area contributed by atoms with E-state index in [-0.39, 0.29) is 11.4 Å². The largest absolute Gasteiger partial charge is 0.466 e. The quantitative estimate of drug-likeness (QED) is 0.505. The van der Waals surface area contributed by atoms with Crippen LogP contribution in [-0.2, 0) is 14.3 Å². The summed E-state index contributed by atoms with van der Waals surface area (Å²) in [5.74, 6) is -0.345. The zero-order chi connectivity index (χ0) is 9.73. The third kappa shape index (κ3) is 3.06. The van der Waals surface area contributed by atoms with Gasteiger partial charge in [-0.25, -0.2) is 4.79 Å². The van der Waals surface area contributed by atoms with Crippen molar-refractivity contribution in [2.75, 3.05) is 26.9 Å². The van der Waals surface area contributed by atoms with Gasteiger partial charge in [0, 0.05) is 24.2 Å². The van der Waals surface area contributed by atoms with Crippen LogP contribution in [0.1, 0.15) is 6.92 Å². The highest BCUT2D eigenvalue weighted by molar-refractivity contribution is 5.81. The molecule has 0 aromatic carbocycles. The molecular formula is C9H15NO3. The fourth-order valence-corrected chi connectivity index (χ4v) is 1.05. The summed E-state index contributed by atoms with van der Waals surface area (Å²) in [7, 11) is 1.35. The summed E-state index contributed by atoms with van der Waals surface area (Å²) in [6.45, 7) is 4.52. The maximum atomic E-state index is 10.6. The zero-order valence-corrected chi connectivity index (χ0v) is 8.00. The lowest BCUT2D eigenvalue weighted by Gasteiger charge is -2.37. The Kier molecular flexibility index (Phi) is 3.31. The number of hydrogen-bond donors (Lipinski definition) is 1. The molecule has 74 valence electrons. The molecule has 0 aromatic heterocycles. The summed E-state index contributed by atoms with van der Waals surface area (Å²) in [5, 5.41) is 3.03. The molecule has 0 spiro atoms. The molecule has 1 aliphatic rings. The van der Waals surface area contributed by atoms with Crippen LogP contribution in [0.25, 0.3) is 0 Å². The van der Waals surface area contributed by atoms with Gasteiger partial charge in [0.05, 0.1) is 20.3 Å². The van der Waals surface area contributed by atoms with E-state index in [1.807, 2.05) is 0 Å². The number of rotatable bonds is 4. The van der Waals surface area contributed by atoms with Crippen LogP contribution < -0.4 is 5.32 Å². The minimum Gasteiger partial charge on any atom is -0.466 e. The van der Waals surface area contributed by atoms with Crippen molar-refractivity contribution in [1.82, 2.24) is 5.32 Å². The van der Waals surface area contributed by atoms with Crippen LogP contribution in [-0.4, -0.2) is 32.8 Å². The maximum absolute atomic E-state index is 10.6. The normalized spacial score (nSPS) is 19.5. The van der Waals surface area contributed by atoms with E-state index in [4.69, 9.17) is 4.74 Å². The monoisotopic (exact) mass is 185 g/mol. The Balaban J connectivity index is 2.13. The Morgan fingerprint density at radius 2 is 2.38 bits per heavy atom. The first-order valence-corrected chi connectivity index (χ1v) is 4.22. The van der Waals surface area contributed by atoms with Crippen molar-refractivity contribution in [2.24, 2.45) is 5.41 Å². The standard InChI is InChI=1S/C9H15NO3/c1-9(6-13-7-9)5-10-4-3-8(11)12-2/h3-4,10H,5-7H2,1-2H3/b4-3+. The first kappa shape index (κ1) is 10.1. The fourth-order valence-electron chi connectivity index (χ4n) is 1.05. The molecule has 4 nitrogen and oxygen atoms in total. The van der Waals surface area contributed by atoms with Crippen LogP contribution in [0.5, 0.6) is 0 Å². The lowest BCUT2D eigenvalue weighted by Crippen LogP contribution is -2.46. The zero-order valence-electron chi connectivity index (χ0n) is 8.00. The summed E-state index contributed by atoms with van der Waals surface area (Å²) in [5.41, 5.74) is 0.223. The SMILES string of the molecule is COC(=O)/C=C/NCC1(C)COC1. The molecule has 0 saturated carbocycles. The van der Waals surface area contributed by atoms with E-state index >= 15 is 0 Å². The summed E-state index contributed by atoms with van der Waals surface area (Å²) in [4.78, 5) is 10.6. The van der Waals surface area contributed by atoms with E-state index in [1.54, 1.807) is 6.20 Å². The number of esters is 1. The van der Waals surface area contributed by atoms with Crippen molar-refractivity contribution in [1.29, 1.82) is 0 Å². The van der Waals surface area contributed by atoms with Gasteiger partial charge in [-0.1, -0.05) is 6.92 Å². The van der Waals surface area contributed by atoms with Gasteiger partial charge in [-0.3, -0.25) is 0 Å². The van der Waals surface area contributed by atoms with E-state index in [9.17, 15) is 4.79 Å². The first-order valence-electron chi connectivity index (χ1n) is 4.22. The number of ether oxygens (including phenoxy) is 2. The Bertz CT molecular complexity index is 209. The third-order valence-electron chi connectivity index (χ3n) is 1.97. The number of carbonyl (C=O) groups is 1. The molecule has 0 aliphatic carbocycles. The smallest absolute Gasteiger partial charge is 0.331 e. The molecule has 1 fully saturated rings. The van der Waals surface area contributed by atoms with Crippen molar-refractivity contribution in [3.63, 3.8) is 0 Å². The minimum atomic E-state index is -0.345. The van der Waals surface area contributed by atoms with Gasteiger partial charge in [-0.15, -0.1) is 0 Å². The molecule has 0 bridgehead atoms. The summed E-state index contributed by atoms with van der Waals surface area (Å²) >= 11 is 0. The number of hydrogen-bond acceptors (Lipinski definition) is 4. The van der Waals surface area contributed by atoms with Gasteiger partial charge in [-0.2, -0.15) is 0 Å². The predicted octanol–water partition coefficient (Wildman–Crippen LogP) is 0.299. The van der Waals surface area contributed by atoms with Crippen LogP contribution in [0.2, 0.25) is 0 Å². The van der Waals surface area contributed by atoms with Crippen LogP contribution in [0.4, 0.5) is 0 Å². The Morgan fingerprint density at radius 1 is 1.69 bits per heavy atom. The molecule has 1 rings (SSSR count). The molecule has 0 unspecified atom stereocenters. The second kappa shape index (κ2) is 4.28. The van der Waals surface area contributed by atoms with E-state index in [0.29, 0.717) is 0 Å². The molecule has 0 radical (unpaired) electrons. The van der Waals surface area contributed by atoms with Gasteiger partial charge in [0.15, 0.2) is 0 Å². The molecule has 0 amide bonds. The van der Waals surface area contributed by atoms with Crippen molar-refractivity contribution in [3.8, 4) is 0 Å². The van der Waals surface area contributed by atoms with Crippen molar-refractivity contribution in [2.45, 2.75) is 6.92 Å². The second-order valence-electron chi connectivity index (χ2n) is 3.54. The van der Waals surface area contributed by atoms with Crippen LogP contribution in [0.15, 0.2) is 12.3 Å². The summed E-state index contributed by atoms with van der Waals surface area (Å²) in [6.07, 6.45) is 2.97. The van der Waals surface area contributed by atoms with Crippen LogP contribution >= 0.6 is 0 Å². The Morgan fingerprint density at radius 3 is 2.85 bits per heavy atom. The van der Waals surface area contributed by atoms with E-state index < -0.39 is 0 Å². The lowest BCUT2D eigenvalue weighted by atomic mass is 9.89. The molecule has 1 aliphatic heterocycles. The summed E-state index contributed by atoms with van der Waals surface area (Å²) < 4.78 is 9.51. The average molecular weight is 185 g/mol. The van der Waals surface area contributed by atoms with Crippen molar-refractivity contribution in [3.05, 3.63) is 12.3 Å². The molecule has 13 heavy (non-hydrogen) atoms. The number of methoxy groups -OCH3 is 1. The predicted molar refractivity (Wildman–Crippen MR) is 48.1 cm³/mol. The topological polar surface area (TPSA) is 47.6 Å². The van der Waals surface area contributed by atoms with Crippen molar-refractivity contribution < 1.29 is 14.3 Å². The minimum absolute atomic E-state index is 0.223. The van der Waals surface area contributed by atoms with Gasteiger partial charge < -0.3 is 14.8 Å². The highest BCUT2D eigenvalue weighted by Gasteiger charge is 2.32. The van der Waals surface area contributed by atoms with Gasteiger partial charge in [-0.05, 0) is 0 Å².